The maximum absolute atomic E-state index is 11.5. The van der Waals surface area contributed by atoms with Crippen molar-refractivity contribution in [2.24, 2.45) is 0 Å². The molecule has 3 aromatic carbocycles. The van der Waals surface area contributed by atoms with Crippen LogP contribution in [-0.4, -0.2) is 53.9 Å². The second kappa shape index (κ2) is 10.2. The molecule has 0 amide bonds. The molecule has 0 radical (unpaired) electrons. The van der Waals surface area contributed by atoms with Crippen LogP contribution in [0.5, 0.6) is 11.5 Å². The van der Waals surface area contributed by atoms with Gasteiger partial charge in [-0.3, -0.25) is 4.90 Å². The Morgan fingerprint density at radius 2 is 1.74 bits per heavy atom. The van der Waals surface area contributed by atoms with Gasteiger partial charge in [0.15, 0.2) is 0 Å². The Morgan fingerprint density at radius 3 is 2.49 bits per heavy atom. The van der Waals surface area contributed by atoms with Gasteiger partial charge in [0.2, 0.25) is 0 Å². The number of para-hydroxylation sites is 1. The molecule has 0 unspecified atom stereocenters. The first-order chi connectivity index (χ1) is 17.1. The topological polar surface area (TPSA) is 63.9 Å². The van der Waals surface area contributed by atoms with Gasteiger partial charge >= 0.3 is 5.97 Å². The predicted octanol–water partition coefficient (Wildman–Crippen LogP) is 5.54. The standard InChI is InChI=1S/C29H30N2O4/c1-34-28-18-21(8-13-25(28)29(32)33)20-31-26-7-3-2-6-23(26)19-27(31)22-9-11-24(12-10-22)35-17-16-30-14-4-5-15-30/h2-3,6-13,18-19H,4-5,14-17,20H2,1H3,(H,32,33). The number of fused-ring (bicyclic) bond motifs is 1. The van der Waals surface area contributed by atoms with Crippen molar-refractivity contribution in [3.8, 4) is 22.8 Å². The molecule has 1 aromatic heterocycles. The van der Waals surface area contributed by atoms with Crippen molar-refractivity contribution in [2.45, 2.75) is 19.4 Å². The fourth-order valence-electron chi connectivity index (χ4n) is 4.83. The Bertz CT molecular complexity index is 1320. The van der Waals surface area contributed by atoms with Crippen LogP contribution >= 0.6 is 0 Å². The minimum atomic E-state index is -0.997. The molecule has 1 aliphatic heterocycles. The first-order valence-electron chi connectivity index (χ1n) is 12.1. The molecule has 5 rings (SSSR count). The summed E-state index contributed by atoms with van der Waals surface area (Å²) in [6.45, 7) is 4.62. The minimum absolute atomic E-state index is 0.161. The van der Waals surface area contributed by atoms with Gasteiger partial charge in [-0.2, -0.15) is 0 Å². The number of methoxy groups -OCH3 is 1. The number of likely N-dealkylation sites (tertiary alicyclic amines) is 1. The number of carboxylic acid groups (broad SMARTS) is 1. The van der Waals surface area contributed by atoms with Gasteiger partial charge in [-0.1, -0.05) is 24.3 Å². The van der Waals surface area contributed by atoms with Gasteiger partial charge in [0.05, 0.1) is 7.11 Å². The summed E-state index contributed by atoms with van der Waals surface area (Å²) in [6.07, 6.45) is 2.58. The van der Waals surface area contributed by atoms with E-state index in [4.69, 9.17) is 9.47 Å². The molecule has 6 heteroatoms. The van der Waals surface area contributed by atoms with Gasteiger partial charge in [0, 0.05) is 29.7 Å². The van der Waals surface area contributed by atoms with E-state index >= 15 is 0 Å². The average molecular weight is 471 g/mol. The number of aromatic carboxylic acids is 1. The summed E-state index contributed by atoms with van der Waals surface area (Å²) < 4.78 is 13.6. The molecule has 0 atom stereocenters. The molecule has 0 saturated carbocycles. The lowest BCUT2D eigenvalue weighted by Crippen LogP contribution is -2.25. The van der Waals surface area contributed by atoms with Crippen LogP contribution in [0.2, 0.25) is 0 Å². The number of benzene rings is 3. The number of hydrogen-bond donors (Lipinski definition) is 1. The summed E-state index contributed by atoms with van der Waals surface area (Å²) in [5.74, 6) is 0.247. The Balaban J connectivity index is 1.40. The van der Waals surface area contributed by atoms with Gasteiger partial charge in [-0.25, -0.2) is 4.79 Å². The molecule has 180 valence electrons. The number of ether oxygens (including phenoxy) is 2. The summed E-state index contributed by atoms with van der Waals surface area (Å²) >= 11 is 0. The summed E-state index contributed by atoms with van der Waals surface area (Å²) in [5.41, 5.74) is 4.44. The third-order valence-electron chi connectivity index (χ3n) is 6.67. The predicted molar refractivity (Wildman–Crippen MR) is 138 cm³/mol. The van der Waals surface area contributed by atoms with Crippen molar-refractivity contribution in [3.05, 3.63) is 83.9 Å². The van der Waals surface area contributed by atoms with Gasteiger partial charge in [-0.15, -0.1) is 0 Å². The van der Waals surface area contributed by atoms with Crippen molar-refractivity contribution in [1.82, 2.24) is 9.47 Å². The van der Waals surface area contributed by atoms with Crippen LogP contribution in [-0.2, 0) is 6.54 Å². The second-order valence-electron chi connectivity index (χ2n) is 8.94. The van der Waals surface area contributed by atoms with Crippen LogP contribution in [0.4, 0.5) is 0 Å². The molecule has 0 aliphatic carbocycles. The number of carbonyl (C=O) groups is 1. The molecule has 0 spiro atoms. The van der Waals surface area contributed by atoms with E-state index in [9.17, 15) is 9.90 Å². The summed E-state index contributed by atoms with van der Waals surface area (Å²) in [6, 6.07) is 24.0. The van der Waals surface area contributed by atoms with E-state index in [1.807, 2.05) is 30.3 Å². The van der Waals surface area contributed by atoms with E-state index in [0.29, 0.717) is 18.9 Å². The molecule has 4 aromatic rings. The monoisotopic (exact) mass is 470 g/mol. The highest BCUT2D eigenvalue weighted by Crippen LogP contribution is 2.31. The third-order valence-corrected chi connectivity index (χ3v) is 6.67. The van der Waals surface area contributed by atoms with E-state index < -0.39 is 5.97 Å². The van der Waals surface area contributed by atoms with E-state index in [0.717, 1.165) is 40.0 Å². The SMILES string of the molecule is COc1cc(Cn2c(-c3ccc(OCCN4CCCC4)cc3)cc3ccccc32)ccc1C(=O)O. The van der Waals surface area contributed by atoms with Crippen molar-refractivity contribution in [3.63, 3.8) is 0 Å². The fourth-order valence-corrected chi connectivity index (χ4v) is 4.83. The largest absolute Gasteiger partial charge is 0.496 e. The maximum Gasteiger partial charge on any atom is 0.339 e. The number of rotatable bonds is 9. The highest BCUT2D eigenvalue weighted by atomic mass is 16.5. The van der Waals surface area contributed by atoms with Crippen LogP contribution in [0.25, 0.3) is 22.2 Å². The first-order valence-corrected chi connectivity index (χ1v) is 12.1. The Kier molecular flexibility index (Phi) is 6.73. The lowest BCUT2D eigenvalue weighted by molar-refractivity contribution is 0.0693. The van der Waals surface area contributed by atoms with Crippen molar-refractivity contribution >= 4 is 16.9 Å². The Labute approximate surface area is 205 Å². The zero-order valence-corrected chi connectivity index (χ0v) is 19.9. The van der Waals surface area contributed by atoms with Crippen molar-refractivity contribution in [1.29, 1.82) is 0 Å². The Morgan fingerprint density at radius 1 is 0.971 bits per heavy atom. The first kappa shape index (κ1) is 23.0. The van der Waals surface area contributed by atoms with Crippen LogP contribution in [0.15, 0.2) is 72.8 Å². The molecule has 1 N–H and O–H groups in total. The molecular formula is C29H30N2O4. The lowest BCUT2D eigenvalue weighted by atomic mass is 10.1. The quantitative estimate of drug-likeness (QED) is 0.348. The molecule has 1 saturated heterocycles. The molecule has 6 nitrogen and oxygen atoms in total. The van der Waals surface area contributed by atoms with Crippen molar-refractivity contribution < 1.29 is 19.4 Å². The highest BCUT2D eigenvalue weighted by molar-refractivity contribution is 5.91. The maximum atomic E-state index is 11.5. The van der Waals surface area contributed by atoms with Crippen molar-refractivity contribution in [2.75, 3.05) is 33.4 Å². The van der Waals surface area contributed by atoms with Gasteiger partial charge in [0.1, 0.15) is 23.7 Å². The van der Waals surface area contributed by atoms with E-state index in [1.54, 1.807) is 12.1 Å². The smallest absolute Gasteiger partial charge is 0.339 e. The molecular weight excluding hydrogens is 440 g/mol. The molecule has 35 heavy (non-hydrogen) atoms. The summed E-state index contributed by atoms with van der Waals surface area (Å²) in [5, 5.41) is 10.6. The number of aromatic nitrogens is 1. The average Bonchev–Trinajstić information content (AvgIpc) is 3.53. The van der Waals surface area contributed by atoms with Crippen LogP contribution in [0.3, 0.4) is 0 Å². The number of hydrogen-bond acceptors (Lipinski definition) is 4. The molecule has 1 fully saturated rings. The highest BCUT2D eigenvalue weighted by Gasteiger charge is 2.15. The van der Waals surface area contributed by atoms with Crippen LogP contribution in [0, 0.1) is 0 Å². The third kappa shape index (κ3) is 5.03. The van der Waals surface area contributed by atoms with Gasteiger partial charge < -0.3 is 19.1 Å². The van der Waals surface area contributed by atoms with E-state index in [1.165, 1.54) is 33.0 Å². The molecule has 2 heterocycles. The zero-order chi connectivity index (χ0) is 24.2. The lowest BCUT2D eigenvalue weighted by Gasteiger charge is -2.15. The van der Waals surface area contributed by atoms with Crippen LogP contribution < -0.4 is 9.47 Å². The minimum Gasteiger partial charge on any atom is -0.496 e. The van der Waals surface area contributed by atoms with E-state index in [2.05, 4.69) is 39.8 Å². The normalized spacial score (nSPS) is 13.9. The summed E-state index contributed by atoms with van der Waals surface area (Å²) in [7, 11) is 1.50. The molecule has 0 bridgehead atoms. The number of nitrogens with zero attached hydrogens (tertiary/aromatic N) is 2. The van der Waals surface area contributed by atoms with Gasteiger partial charge in [-0.05, 0) is 85.6 Å². The molecule has 1 aliphatic rings. The zero-order valence-electron chi connectivity index (χ0n) is 19.9. The fraction of sp³-hybridized carbons (Fsp3) is 0.276. The van der Waals surface area contributed by atoms with Gasteiger partial charge in [0.25, 0.3) is 0 Å². The number of carboxylic acids is 1. The summed E-state index contributed by atoms with van der Waals surface area (Å²) in [4.78, 5) is 13.9. The van der Waals surface area contributed by atoms with E-state index in [-0.39, 0.29) is 5.56 Å². The Hall–Kier alpha value is -3.77. The van der Waals surface area contributed by atoms with Crippen LogP contribution in [0.1, 0.15) is 28.8 Å². The second-order valence-corrected chi connectivity index (χ2v) is 8.94.